The van der Waals surface area contributed by atoms with Crippen LogP contribution in [0.2, 0.25) is 0 Å². The Hall–Kier alpha value is -1.77. The lowest BCUT2D eigenvalue weighted by Crippen LogP contribution is -2.38. The number of benzene rings is 1. The molecule has 1 aromatic heterocycles. The molecule has 7 nitrogen and oxygen atoms in total. The molecule has 0 aliphatic heterocycles. The van der Waals surface area contributed by atoms with Crippen LogP contribution in [0, 0.1) is 0 Å². The van der Waals surface area contributed by atoms with Crippen LogP contribution in [0.4, 0.5) is 0 Å². The Morgan fingerprint density at radius 2 is 2.00 bits per heavy atom. The Morgan fingerprint density at radius 1 is 1.30 bits per heavy atom. The first-order valence-electron chi connectivity index (χ1n) is 6.04. The SMILES string of the molecule is CN(C)S(=O)(=O)NCCn1ncc2ccccc2c1=O. The van der Waals surface area contributed by atoms with E-state index in [0.29, 0.717) is 5.39 Å². The van der Waals surface area contributed by atoms with Gasteiger partial charge in [0.25, 0.3) is 15.8 Å². The average molecular weight is 296 g/mol. The fourth-order valence-electron chi connectivity index (χ4n) is 1.70. The molecule has 0 saturated carbocycles. The first-order valence-corrected chi connectivity index (χ1v) is 7.48. The Bertz CT molecular complexity index is 768. The summed E-state index contributed by atoms with van der Waals surface area (Å²) in [5.41, 5.74) is -0.229. The second-order valence-corrected chi connectivity index (χ2v) is 6.41. The van der Waals surface area contributed by atoms with Gasteiger partial charge in [-0.05, 0) is 6.07 Å². The zero-order chi connectivity index (χ0) is 14.8. The van der Waals surface area contributed by atoms with Gasteiger partial charge in [-0.3, -0.25) is 4.79 Å². The Kier molecular flexibility index (Phi) is 4.17. The zero-order valence-electron chi connectivity index (χ0n) is 11.3. The van der Waals surface area contributed by atoms with Crippen LogP contribution in [0.5, 0.6) is 0 Å². The maximum absolute atomic E-state index is 12.1. The van der Waals surface area contributed by atoms with Crippen LogP contribution < -0.4 is 10.3 Å². The molecule has 1 heterocycles. The lowest BCUT2D eigenvalue weighted by atomic mass is 10.2. The van der Waals surface area contributed by atoms with Crippen LogP contribution in [-0.4, -0.2) is 43.1 Å². The summed E-state index contributed by atoms with van der Waals surface area (Å²) in [7, 11) is -0.617. The number of hydrogen-bond acceptors (Lipinski definition) is 4. The number of fused-ring (bicyclic) bond motifs is 1. The van der Waals surface area contributed by atoms with Gasteiger partial charge in [0.2, 0.25) is 0 Å². The lowest BCUT2D eigenvalue weighted by molar-refractivity contribution is 0.495. The van der Waals surface area contributed by atoms with Crippen molar-refractivity contribution in [2.45, 2.75) is 6.54 Å². The fourth-order valence-corrected chi connectivity index (χ4v) is 2.30. The van der Waals surface area contributed by atoms with Gasteiger partial charge in [-0.1, -0.05) is 18.2 Å². The molecule has 1 N–H and O–H groups in total. The Labute approximate surface area is 117 Å². The van der Waals surface area contributed by atoms with Crippen molar-refractivity contribution in [2.75, 3.05) is 20.6 Å². The van der Waals surface area contributed by atoms with Gasteiger partial charge < -0.3 is 0 Å². The van der Waals surface area contributed by atoms with Crippen LogP contribution in [0.3, 0.4) is 0 Å². The van der Waals surface area contributed by atoms with E-state index in [-0.39, 0.29) is 18.6 Å². The minimum absolute atomic E-state index is 0.103. The van der Waals surface area contributed by atoms with Crippen LogP contribution in [0.15, 0.2) is 35.3 Å². The summed E-state index contributed by atoms with van der Waals surface area (Å²) in [4.78, 5) is 12.1. The molecule has 0 radical (unpaired) electrons. The van der Waals surface area contributed by atoms with Gasteiger partial charge >= 0.3 is 0 Å². The second kappa shape index (κ2) is 5.70. The summed E-state index contributed by atoms with van der Waals surface area (Å²) in [6.07, 6.45) is 1.59. The molecule has 0 aliphatic carbocycles. The minimum Gasteiger partial charge on any atom is -0.267 e. The minimum atomic E-state index is -3.48. The number of hydrogen-bond donors (Lipinski definition) is 1. The molecule has 108 valence electrons. The molecule has 2 rings (SSSR count). The largest absolute Gasteiger partial charge is 0.278 e. The van der Waals surface area contributed by atoms with Crippen LogP contribution in [0.1, 0.15) is 0 Å². The summed E-state index contributed by atoms with van der Waals surface area (Å²) in [5, 5.41) is 5.36. The molecule has 20 heavy (non-hydrogen) atoms. The molecule has 0 atom stereocenters. The molecular formula is C12H16N4O3S. The summed E-state index contributed by atoms with van der Waals surface area (Å²) >= 11 is 0. The summed E-state index contributed by atoms with van der Waals surface area (Å²) < 4.78 is 27.8. The molecule has 0 amide bonds. The van der Waals surface area contributed by atoms with Crippen molar-refractivity contribution in [3.63, 3.8) is 0 Å². The Morgan fingerprint density at radius 3 is 2.70 bits per heavy atom. The van der Waals surface area contributed by atoms with Gasteiger partial charge in [-0.15, -0.1) is 0 Å². The van der Waals surface area contributed by atoms with Crippen molar-refractivity contribution >= 4 is 21.0 Å². The normalized spacial score (nSPS) is 12.2. The van der Waals surface area contributed by atoms with E-state index >= 15 is 0 Å². The van der Waals surface area contributed by atoms with E-state index in [1.165, 1.54) is 18.8 Å². The Balaban J connectivity index is 2.16. The quantitative estimate of drug-likeness (QED) is 0.827. The highest BCUT2D eigenvalue weighted by molar-refractivity contribution is 7.87. The number of rotatable bonds is 5. The summed E-state index contributed by atoms with van der Waals surface area (Å²) in [6.45, 7) is 0.280. The van der Waals surface area contributed by atoms with E-state index in [2.05, 4.69) is 9.82 Å². The van der Waals surface area contributed by atoms with Gasteiger partial charge in [-0.2, -0.15) is 17.8 Å². The predicted molar refractivity (Wildman–Crippen MR) is 76.6 cm³/mol. The average Bonchev–Trinajstić information content (AvgIpc) is 2.41. The van der Waals surface area contributed by atoms with E-state index < -0.39 is 10.2 Å². The van der Waals surface area contributed by atoms with Gasteiger partial charge in [-0.25, -0.2) is 9.40 Å². The van der Waals surface area contributed by atoms with Crippen molar-refractivity contribution in [3.05, 3.63) is 40.8 Å². The van der Waals surface area contributed by atoms with Crippen molar-refractivity contribution in [3.8, 4) is 0 Å². The highest BCUT2D eigenvalue weighted by atomic mass is 32.2. The van der Waals surface area contributed by atoms with Gasteiger partial charge in [0.15, 0.2) is 0 Å². The topological polar surface area (TPSA) is 84.3 Å². The maximum atomic E-state index is 12.1. The third kappa shape index (κ3) is 3.03. The smallest absolute Gasteiger partial charge is 0.267 e. The van der Waals surface area contributed by atoms with E-state index in [1.807, 2.05) is 12.1 Å². The molecular weight excluding hydrogens is 280 g/mol. The highest BCUT2D eigenvalue weighted by Crippen LogP contribution is 2.06. The van der Waals surface area contributed by atoms with Crippen LogP contribution in [0.25, 0.3) is 10.8 Å². The summed E-state index contributed by atoms with van der Waals surface area (Å²) in [6, 6.07) is 7.14. The molecule has 0 fully saturated rings. The molecule has 2 aromatic rings. The predicted octanol–water partition coefficient (Wildman–Crippen LogP) is -0.207. The monoisotopic (exact) mass is 296 g/mol. The maximum Gasteiger partial charge on any atom is 0.278 e. The molecule has 0 saturated heterocycles. The molecule has 0 spiro atoms. The van der Waals surface area contributed by atoms with E-state index in [1.54, 1.807) is 18.3 Å². The van der Waals surface area contributed by atoms with Gasteiger partial charge in [0.05, 0.1) is 18.1 Å². The number of aromatic nitrogens is 2. The van der Waals surface area contributed by atoms with Gasteiger partial charge in [0, 0.05) is 26.0 Å². The first-order chi connectivity index (χ1) is 9.42. The molecule has 0 bridgehead atoms. The molecule has 0 unspecified atom stereocenters. The van der Waals surface area contributed by atoms with E-state index in [4.69, 9.17) is 0 Å². The zero-order valence-corrected chi connectivity index (χ0v) is 12.1. The van der Waals surface area contributed by atoms with Crippen molar-refractivity contribution in [1.82, 2.24) is 18.8 Å². The third-order valence-corrected chi connectivity index (χ3v) is 4.38. The molecule has 8 heteroatoms. The van der Waals surface area contributed by atoms with Crippen molar-refractivity contribution in [2.24, 2.45) is 0 Å². The molecule has 1 aromatic carbocycles. The molecule has 0 aliphatic rings. The number of nitrogens with one attached hydrogen (secondary N) is 1. The van der Waals surface area contributed by atoms with Gasteiger partial charge in [0.1, 0.15) is 0 Å². The third-order valence-electron chi connectivity index (χ3n) is 2.85. The first kappa shape index (κ1) is 14.6. The highest BCUT2D eigenvalue weighted by Gasteiger charge is 2.12. The second-order valence-electron chi connectivity index (χ2n) is 4.44. The van der Waals surface area contributed by atoms with Crippen molar-refractivity contribution in [1.29, 1.82) is 0 Å². The van der Waals surface area contributed by atoms with E-state index in [0.717, 1.165) is 9.69 Å². The van der Waals surface area contributed by atoms with Crippen LogP contribution in [-0.2, 0) is 16.8 Å². The summed E-state index contributed by atoms with van der Waals surface area (Å²) in [5.74, 6) is 0. The fraction of sp³-hybridized carbons (Fsp3) is 0.333. The van der Waals surface area contributed by atoms with E-state index in [9.17, 15) is 13.2 Å². The number of nitrogens with zero attached hydrogens (tertiary/aromatic N) is 3. The standard InChI is InChI=1S/C12H16N4O3S/c1-15(2)20(18,19)14-7-8-16-12(17)11-6-4-3-5-10(11)9-13-16/h3-6,9,14H,7-8H2,1-2H3. The lowest BCUT2D eigenvalue weighted by Gasteiger charge is -2.12. The van der Waals surface area contributed by atoms with Crippen LogP contribution >= 0.6 is 0 Å². The van der Waals surface area contributed by atoms with Crippen molar-refractivity contribution < 1.29 is 8.42 Å².